The highest BCUT2D eigenvalue weighted by molar-refractivity contribution is 7.27. The lowest BCUT2D eigenvalue weighted by atomic mass is 10.0. The van der Waals surface area contributed by atoms with Crippen LogP contribution in [0.5, 0.6) is 0 Å². The Labute approximate surface area is 588 Å². The van der Waals surface area contributed by atoms with Crippen LogP contribution in [0.2, 0.25) is 0 Å². The highest BCUT2D eigenvalue weighted by atomic mass is 32.1. The van der Waals surface area contributed by atoms with Gasteiger partial charge in [0.15, 0.2) is 40.5 Å². The molecular weight excluding hydrogens is 1290 g/mol. The molecule has 0 amide bonds. The maximum atomic E-state index is 7.01. The van der Waals surface area contributed by atoms with Crippen LogP contribution in [0.1, 0.15) is 0 Å². The van der Waals surface area contributed by atoms with E-state index in [0.717, 1.165) is 120 Å². The van der Waals surface area contributed by atoms with Crippen LogP contribution in [0.3, 0.4) is 0 Å². The quantitative estimate of drug-likeness (QED) is 0.140. The summed E-state index contributed by atoms with van der Waals surface area (Å²) < 4.78 is 23.3. The monoisotopic (exact) mass is 1340 g/mol. The minimum atomic E-state index is 0.550. The fourth-order valence-corrected chi connectivity index (χ4v) is 18.2. The van der Waals surface area contributed by atoms with Gasteiger partial charge < -0.3 is 18.0 Å². The summed E-state index contributed by atoms with van der Waals surface area (Å²) in [6.07, 6.45) is 0. The Kier molecular flexibility index (Phi) is 12.3. The topological polar surface area (TPSA) is 113 Å². The highest BCUT2D eigenvalue weighted by Crippen LogP contribution is 2.50. The van der Waals surface area contributed by atoms with Crippen LogP contribution in [-0.2, 0) is 0 Å². The van der Waals surface area contributed by atoms with Crippen molar-refractivity contribution in [2.75, 3.05) is 0 Å². The van der Waals surface area contributed by atoms with Gasteiger partial charge in [-0.25, -0.2) is 29.9 Å². The molecule has 12 heteroatoms. The standard InChI is InChI=1S/C90H50N8O2S2/c1-3-20-52(21-4-1)85-91-87(95-90(94-85)65-31-17-39-73-80(65)81-74(99-73)49-48-62-78-70(36-18-40-75(78)101-83(62)81)97-66-32-11-7-26-57(66)58-27-8-12-33-67(58)97)54-44-42-51(43-45-54)55-24-15-25-56(50-55)88-92-86(53-22-5-2-6-23-53)93-89(96-88)64-30-16-38-72-77(64)61-46-47-63-79-71(37-19-41-76(79)102-84(63)82(61)100-72)98-68-34-13-9-28-59(68)60-29-10-14-35-69(60)98/h1-50H. The number of thiophene rings is 2. The molecule has 22 rings (SSSR count). The molecule has 22 aromatic rings. The third kappa shape index (κ3) is 8.57. The molecule has 8 heterocycles. The highest BCUT2D eigenvalue weighted by Gasteiger charge is 2.26. The summed E-state index contributed by atoms with van der Waals surface area (Å²) in [5, 5.41) is 13.6. The van der Waals surface area contributed by atoms with Crippen molar-refractivity contribution < 1.29 is 8.83 Å². The molecule has 0 unspecified atom stereocenters. The van der Waals surface area contributed by atoms with E-state index in [1.807, 2.05) is 84.9 Å². The Morgan fingerprint density at radius 2 is 0.627 bits per heavy atom. The van der Waals surface area contributed by atoms with Gasteiger partial charge in [0.05, 0.1) is 38.1 Å². The number of aromatic nitrogens is 8. The smallest absolute Gasteiger partial charge is 0.164 e. The number of benzene rings is 14. The minimum Gasteiger partial charge on any atom is -0.456 e. The lowest BCUT2D eigenvalue weighted by Crippen LogP contribution is -2.00. The number of hydrogen-bond donors (Lipinski definition) is 0. The molecule has 0 aliphatic carbocycles. The SMILES string of the molecule is c1ccc(-c2nc(-c3cccc(-c4ccc(-c5nc(-c6ccccc6)nc(-c6cccc7oc8ccc9c(sc%10cccc(-n%11c%12ccccc%12c%12ccccc%12%11)c%109)c8c67)n5)cc4)c3)nc(-c3cccc4oc5c(ccc6c5sc5cccc(-n7c8ccccc8c8ccccc87)c56)c34)n2)cc1. The van der Waals surface area contributed by atoms with Crippen LogP contribution in [0.25, 0.3) is 219 Å². The Hall–Kier alpha value is -13.3. The van der Waals surface area contributed by atoms with Gasteiger partial charge in [0.2, 0.25) is 0 Å². The third-order valence-electron chi connectivity index (χ3n) is 20.3. The molecule has 0 saturated heterocycles. The van der Waals surface area contributed by atoms with Crippen LogP contribution in [0.4, 0.5) is 0 Å². The summed E-state index contributed by atoms with van der Waals surface area (Å²) in [5.74, 6) is 3.35. The van der Waals surface area contributed by atoms with Crippen molar-refractivity contribution in [1.82, 2.24) is 39.0 Å². The van der Waals surface area contributed by atoms with E-state index >= 15 is 0 Å². The molecule has 0 saturated carbocycles. The van der Waals surface area contributed by atoms with E-state index in [4.69, 9.17) is 38.7 Å². The molecule has 0 bridgehead atoms. The van der Waals surface area contributed by atoms with Crippen LogP contribution in [0.15, 0.2) is 312 Å². The molecule has 0 aliphatic rings. The first-order chi connectivity index (χ1) is 50.6. The second-order valence-corrected chi connectivity index (χ2v) is 28.0. The van der Waals surface area contributed by atoms with E-state index in [1.54, 1.807) is 22.7 Å². The fraction of sp³-hybridized carbons (Fsp3) is 0. The number of furan rings is 2. The van der Waals surface area contributed by atoms with Crippen LogP contribution in [0, 0.1) is 0 Å². The molecule has 0 N–H and O–H groups in total. The predicted molar refractivity (Wildman–Crippen MR) is 420 cm³/mol. The zero-order chi connectivity index (χ0) is 66.7. The van der Waals surface area contributed by atoms with Crippen molar-refractivity contribution in [3.8, 4) is 90.8 Å². The second kappa shape index (κ2) is 22.1. The third-order valence-corrected chi connectivity index (χ3v) is 22.6. The number of para-hydroxylation sites is 4. The molecule has 14 aromatic carbocycles. The van der Waals surface area contributed by atoms with Crippen LogP contribution < -0.4 is 0 Å². The van der Waals surface area contributed by atoms with Crippen molar-refractivity contribution in [2.24, 2.45) is 0 Å². The minimum absolute atomic E-state index is 0.550. The lowest BCUT2D eigenvalue weighted by molar-refractivity contribution is 0.669. The zero-order valence-electron chi connectivity index (χ0n) is 54.1. The van der Waals surface area contributed by atoms with E-state index in [1.165, 1.54) is 63.8 Å². The normalized spacial score (nSPS) is 12.1. The van der Waals surface area contributed by atoms with Gasteiger partial charge in [-0.1, -0.05) is 218 Å². The van der Waals surface area contributed by atoms with Gasteiger partial charge in [-0.05, 0) is 96.1 Å². The second-order valence-electron chi connectivity index (χ2n) is 25.9. The van der Waals surface area contributed by atoms with Crippen LogP contribution >= 0.6 is 22.7 Å². The fourth-order valence-electron chi connectivity index (χ4n) is 15.8. The Bertz CT molecular complexity index is 7160. The molecule has 0 spiro atoms. The van der Waals surface area contributed by atoms with E-state index < -0.39 is 0 Å². The number of hydrogen-bond acceptors (Lipinski definition) is 10. The van der Waals surface area contributed by atoms with Gasteiger partial charge in [-0.2, -0.15) is 0 Å². The van der Waals surface area contributed by atoms with Gasteiger partial charge in [0, 0.05) is 112 Å². The number of fused-ring (bicyclic) bond motifs is 20. The average molecular weight is 1340 g/mol. The van der Waals surface area contributed by atoms with E-state index in [9.17, 15) is 0 Å². The maximum absolute atomic E-state index is 7.01. The van der Waals surface area contributed by atoms with Gasteiger partial charge in [-0.15, -0.1) is 22.7 Å². The summed E-state index contributed by atoms with van der Waals surface area (Å²) in [5.41, 5.74) is 17.3. The molecule has 0 fully saturated rings. The molecule has 8 aromatic heterocycles. The molecule has 0 aliphatic heterocycles. The van der Waals surface area contributed by atoms with Crippen molar-refractivity contribution in [2.45, 2.75) is 0 Å². The summed E-state index contributed by atoms with van der Waals surface area (Å²) in [7, 11) is 0. The zero-order valence-corrected chi connectivity index (χ0v) is 55.7. The van der Waals surface area contributed by atoms with Gasteiger partial charge in [0.1, 0.15) is 16.7 Å². The Morgan fingerprint density at radius 1 is 0.235 bits per heavy atom. The van der Waals surface area contributed by atoms with E-state index in [2.05, 4.69) is 228 Å². The van der Waals surface area contributed by atoms with E-state index in [-0.39, 0.29) is 0 Å². The molecule has 102 heavy (non-hydrogen) atoms. The average Bonchev–Trinajstić information content (AvgIpc) is 1.56. The summed E-state index contributed by atoms with van der Waals surface area (Å²) in [6.45, 7) is 0. The van der Waals surface area contributed by atoms with Crippen LogP contribution in [-0.4, -0.2) is 39.0 Å². The van der Waals surface area contributed by atoms with Crippen molar-refractivity contribution in [3.05, 3.63) is 303 Å². The largest absolute Gasteiger partial charge is 0.456 e. The Balaban J connectivity index is 0.641. The summed E-state index contributed by atoms with van der Waals surface area (Å²) >= 11 is 3.57. The molecule has 474 valence electrons. The molecule has 10 nitrogen and oxygen atoms in total. The van der Waals surface area contributed by atoms with Gasteiger partial charge in [-0.3, -0.25) is 0 Å². The van der Waals surface area contributed by atoms with E-state index in [0.29, 0.717) is 34.9 Å². The van der Waals surface area contributed by atoms with Crippen molar-refractivity contribution >= 4 is 151 Å². The van der Waals surface area contributed by atoms with Gasteiger partial charge in [0.25, 0.3) is 0 Å². The Morgan fingerprint density at radius 3 is 1.19 bits per heavy atom. The van der Waals surface area contributed by atoms with Gasteiger partial charge >= 0.3 is 0 Å². The molecule has 0 atom stereocenters. The first-order valence-corrected chi connectivity index (χ1v) is 35.6. The van der Waals surface area contributed by atoms with Crippen molar-refractivity contribution in [1.29, 1.82) is 0 Å². The summed E-state index contributed by atoms with van der Waals surface area (Å²) in [6, 6.07) is 106. The molecular formula is C90H50N8O2S2. The first kappa shape index (κ1) is 56.7. The lowest BCUT2D eigenvalue weighted by Gasteiger charge is -2.11. The first-order valence-electron chi connectivity index (χ1n) is 34.0. The molecule has 0 radical (unpaired) electrons. The van der Waals surface area contributed by atoms with Crippen molar-refractivity contribution in [3.63, 3.8) is 0 Å². The maximum Gasteiger partial charge on any atom is 0.164 e. The number of rotatable bonds is 9. The summed E-state index contributed by atoms with van der Waals surface area (Å²) in [4.78, 5) is 31.8. The number of nitrogens with zero attached hydrogens (tertiary/aromatic N) is 8. The predicted octanol–water partition coefficient (Wildman–Crippen LogP) is 24.5.